The standard InChI is InChI=1S/C7H5BrClINO/c8-6-3-1-5(2-4-6)7(9)11-10-12/h1-4,12H/q-1. The van der Waals surface area contributed by atoms with Crippen LogP contribution in [0.4, 0.5) is 0 Å². The van der Waals surface area contributed by atoms with Gasteiger partial charge < -0.3 is 0 Å². The van der Waals surface area contributed by atoms with Gasteiger partial charge in [0.05, 0.1) is 0 Å². The van der Waals surface area contributed by atoms with E-state index in [0.717, 1.165) is 10.0 Å². The number of nitrogens with zero attached hydrogens (tertiary/aromatic N) is 1. The van der Waals surface area contributed by atoms with E-state index in [2.05, 4.69) is 19.1 Å². The molecule has 1 aromatic carbocycles. The summed E-state index contributed by atoms with van der Waals surface area (Å²) in [5, 5.41) is 0.373. The first-order chi connectivity index (χ1) is 5.74. The summed E-state index contributed by atoms with van der Waals surface area (Å²) in [5.74, 6) is 0. The first kappa shape index (κ1) is 10.4. The van der Waals surface area contributed by atoms with Crippen LogP contribution in [0.2, 0.25) is 0 Å². The van der Waals surface area contributed by atoms with Crippen LogP contribution in [0.1, 0.15) is 5.56 Å². The van der Waals surface area contributed by atoms with Gasteiger partial charge in [0.15, 0.2) is 0 Å². The van der Waals surface area contributed by atoms with Gasteiger partial charge in [-0.15, -0.1) is 0 Å². The molecule has 0 unspecified atom stereocenters. The fraction of sp³-hybridized carbons (Fsp3) is 0. The van der Waals surface area contributed by atoms with Crippen LogP contribution in [0.15, 0.2) is 31.9 Å². The molecule has 0 radical (unpaired) electrons. The van der Waals surface area contributed by atoms with Crippen molar-refractivity contribution in [2.45, 2.75) is 0 Å². The molecule has 66 valence electrons. The normalized spacial score (nSPS) is 12.1. The van der Waals surface area contributed by atoms with E-state index in [0.29, 0.717) is 5.17 Å². The summed E-state index contributed by atoms with van der Waals surface area (Å²) in [6, 6.07) is 7.44. The van der Waals surface area contributed by atoms with E-state index in [9.17, 15) is 0 Å². The van der Waals surface area contributed by atoms with Crippen LogP contribution >= 0.6 is 27.5 Å². The van der Waals surface area contributed by atoms with Crippen LogP contribution in [0.3, 0.4) is 0 Å². The molecule has 0 aliphatic rings. The molecule has 1 aromatic rings. The summed E-state index contributed by atoms with van der Waals surface area (Å²) in [6.45, 7) is 0. The second kappa shape index (κ2) is 5.16. The molecule has 0 aliphatic heterocycles. The fourth-order valence-corrected chi connectivity index (χ4v) is 1.72. The molecular formula is C7H5BrClINO-. The van der Waals surface area contributed by atoms with E-state index in [1.165, 1.54) is 0 Å². The Hall–Kier alpha value is 0.350. The van der Waals surface area contributed by atoms with E-state index < -0.39 is 21.9 Å². The van der Waals surface area contributed by atoms with E-state index in [1.54, 1.807) is 0 Å². The number of benzene rings is 1. The monoisotopic (exact) mass is 360 g/mol. The number of rotatable bonds is 2. The predicted molar refractivity (Wildman–Crippen MR) is 48.8 cm³/mol. The van der Waals surface area contributed by atoms with Gasteiger partial charge in [-0.3, -0.25) is 0 Å². The van der Waals surface area contributed by atoms with Crippen molar-refractivity contribution in [2.24, 2.45) is 3.21 Å². The average Bonchev–Trinajstić information content (AvgIpc) is 2.06. The molecule has 0 amide bonds. The molecule has 0 saturated carbocycles. The van der Waals surface area contributed by atoms with Gasteiger partial charge in [0.25, 0.3) is 0 Å². The third-order valence-corrected chi connectivity index (χ3v) is 3.01. The summed E-state index contributed by atoms with van der Waals surface area (Å²) >= 11 is 7.95. The summed E-state index contributed by atoms with van der Waals surface area (Å²) in [7, 11) is 0. The first-order valence-electron chi connectivity index (χ1n) is 3.01. The molecule has 0 spiro atoms. The topological polar surface area (TPSA) is 32.6 Å². The van der Waals surface area contributed by atoms with Crippen molar-refractivity contribution in [3.05, 3.63) is 34.3 Å². The number of halogens is 3. The molecule has 0 bridgehead atoms. The Labute approximate surface area is 95.0 Å². The van der Waals surface area contributed by atoms with Gasteiger partial charge in [0, 0.05) is 0 Å². The number of hydrogen-bond donors (Lipinski definition) is 1. The molecule has 5 heteroatoms. The minimum atomic E-state index is -1.12. The molecular weight excluding hydrogens is 356 g/mol. The van der Waals surface area contributed by atoms with Gasteiger partial charge in [0.1, 0.15) is 0 Å². The van der Waals surface area contributed by atoms with Gasteiger partial charge in [0.2, 0.25) is 0 Å². The third kappa shape index (κ3) is 3.01. The molecule has 0 aliphatic carbocycles. The Kier molecular flexibility index (Phi) is 4.49. The first-order valence-corrected chi connectivity index (χ1v) is 6.11. The van der Waals surface area contributed by atoms with Crippen molar-refractivity contribution in [1.82, 2.24) is 0 Å². The van der Waals surface area contributed by atoms with Crippen LogP contribution in [-0.4, -0.2) is 8.61 Å². The Morgan fingerprint density at radius 1 is 1.42 bits per heavy atom. The quantitative estimate of drug-likeness (QED) is 0.551. The second-order valence-electron chi connectivity index (χ2n) is 1.96. The Balaban J connectivity index is 2.89. The van der Waals surface area contributed by atoms with Crippen LogP contribution in [-0.2, 0) is 0 Å². The average molecular weight is 361 g/mol. The van der Waals surface area contributed by atoms with Crippen molar-refractivity contribution in [3.8, 4) is 0 Å². The third-order valence-electron chi connectivity index (χ3n) is 1.19. The van der Waals surface area contributed by atoms with Crippen molar-refractivity contribution in [1.29, 1.82) is 0 Å². The van der Waals surface area contributed by atoms with Crippen LogP contribution in [0, 0.1) is 0 Å². The number of hydrogen-bond acceptors (Lipinski definition) is 2. The maximum absolute atomic E-state index is 8.58. The van der Waals surface area contributed by atoms with Crippen molar-refractivity contribution in [2.75, 3.05) is 0 Å². The van der Waals surface area contributed by atoms with Gasteiger partial charge in [-0.25, -0.2) is 0 Å². The molecule has 0 saturated heterocycles. The van der Waals surface area contributed by atoms with Crippen LogP contribution in [0.5, 0.6) is 0 Å². The van der Waals surface area contributed by atoms with Gasteiger partial charge in [-0.05, 0) is 0 Å². The van der Waals surface area contributed by atoms with Gasteiger partial charge in [-0.2, -0.15) is 0 Å². The predicted octanol–water partition coefficient (Wildman–Crippen LogP) is -0.654. The molecule has 0 fully saturated rings. The Morgan fingerprint density at radius 2 is 2.00 bits per heavy atom. The molecule has 0 aromatic heterocycles. The summed E-state index contributed by atoms with van der Waals surface area (Å²) in [6.07, 6.45) is 0. The Morgan fingerprint density at radius 3 is 2.50 bits per heavy atom. The summed E-state index contributed by atoms with van der Waals surface area (Å²) < 4.78 is 13.3. The zero-order valence-corrected chi connectivity index (χ0v) is 10.3. The summed E-state index contributed by atoms with van der Waals surface area (Å²) in [5.41, 5.74) is 0.827. The Bertz CT molecular complexity index is 288. The molecule has 0 atom stereocenters. The molecule has 1 rings (SSSR count). The van der Waals surface area contributed by atoms with E-state index in [4.69, 9.17) is 15.0 Å². The van der Waals surface area contributed by atoms with Crippen molar-refractivity contribution < 1.29 is 25.3 Å². The maximum atomic E-state index is 8.58. The molecule has 1 N–H and O–H groups in total. The minimum absolute atomic E-state index is 0.373. The summed E-state index contributed by atoms with van der Waals surface area (Å²) in [4.78, 5) is 0. The van der Waals surface area contributed by atoms with Crippen LogP contribution in [0.25, 0.3) is 0 Å². The molecule has 0 heterocycles. The molecule has 2 nitrogen and oxygen atoms in total. The van der Waals surface area contributed by atoms with Crippen molar-refractivity contribution in [3.63, 3.8) is 0 Å². The second-order valence-corrected chi connectivity index (χ2v) is 4.15. The zero-order chi connectivity index (χ0) is 8.97. The van der Waals surface area contributed by atoms with Crippen LogP contribution < -0.4 is 21.9 Å². The van der Waals surface area contributed by atoms with Crippen molar-refractivity contribution >= 4 is 32.7 Å². The van der Waals surface area contributed by atoms with E-state index >= 15 is 0 Å². The van der Waals surface area contributed by atoms with Gasteiger partial charge in [-0.1, -0.05) is 0 Å². The zero-order valence-electron chi connectivity index (χ0n) is 5.84. The fourth-order valence-electron chi connectivity index (χ4n) is 0.669. The van der Waals surface area contributed by atoms with Gasteiger partial charge >= 0.3 is 95.5 Å². The molecule has 12 heavy (non-hydrogen) atoms. The van der Waals surface area contributed by atoms with E-state index in [1.807, 2.05) is 24.3 Å². The van der Waals surface area contributed by atoms with E-state index in [-0.39, 0.29) is 0 Å². The SMILES string of the molecule is O[I-]N=C(Cl)c1ccc(Br)cc1.